The molecule has 2 aromatic heterocycles. The molecule has 5 aromatic rings. The first kappa shape index (κ1) is 26.2. The predicted molar refractivity (Wildman–Crippen MR) is 155 cm³/mol. The van der Waals surface area contributed by atoms with Crippen LogP contribution >= 0.6 is 34.7 Å². The van der Waals surface area contributed by atoms with E-state index >= 15 is 0 Å². The molecule has 0 saturated heterocycles. The van der Waals surface area contributed by atoms with E-state index in [1.54, 1.807) is 43.0 Å². The Balaban J connectivity index is 1.59. The summed E-state index contributed by atoms with van der Waals surface area (Å²) in [5, 5.41) is 2.95. The van der Waals surface area contributed by atoms with Crippen LogP contribution in [0.5, 0.6) is 0 Å². The zero-order valence-electron chi connectivity index (χ0n) is 20.7. The van der Waals surface area contributed by atoms with Crippen molar-refractivity contribution in [1.29, 1.82) is 0 Å². The highest BCUT2D eigenvalue weighted by molar-refractivity contribution is 8.00. The maximum absolute atomic E-state index is 13.7. The third-order valence-electron chi connectivity index (χ3n) is 6.04. The molecule has 3 aromatic carbocycles. The number of ketones is 1. The van der Waals surface area contributed by atoms with Crippen LogP contribution in [0.4, 0.5) is 0 Å². The van der Waals surface area contributed by atoms with Gasteiger partial charge in [-0.1, -0.05) is 60.1 Å². The largest absolute Gasteiger partial charge is 0.466 e. The van der Waals surface area contributed by atoms with Gasteiger partial charge in [-0.05, 0) is 47.5 Å². The fraction of sp³-hybridized carbons (Fsp3) is 0.129. The molecule has 0 N–H and O–H groups in total. The number of aromatic nitrogens is 1. The number of carbonyl (C=O) groups excluding carboxylic acids is 2. The van der Waals surface area contributed by atoms with E-state index in [1.165, 1.54) is 27.7 Å². The number of rotatable bonds is 9. The molecule has 2 heterocycles. The molecule has 4 nitrogen and oxygen atoms in total. The number of nitrogens with zero attached hydrogens (tertiary/aromatic N) is 1. The first-order chi connectivity index (χ1) is 18.5. The lowest BCUT2D eigenvalue weighted by molar-refractivity contribution is -0.598. The summed E-state index contributed by atoms with van der Waals surface area (Å²) in [6.45, 7) is 2.06. The molecule has 190 valence electrons. The predicted octanol–water partition coefficient (Wildman–Crippen LogP) is 7.46. The van der Waals surface area contributed by atoms with Gasteiger partial charge in [0.1, 0.15) is 4.21 Å². The van der Waals surface area contributed by atoms with E-state index in [4.69, 9.17) is 16.3 Å². The van der Waals surface area contributed by atoms with Gasteiger partial charge in [0.2, 0.25) is 11.5 Å². The number of hydrogen-bond donors (Lipinski definition) is 0. The van der Waals surface area contributed by atoms with Gasteiger partial charge in [-0.25, -0.2) is 0 Å². The minimum absolute atomic E-state index is 0.00671. The highest BCUT2D eigenvalue weighted by Crippen LogP contribution is 2.40. The molecule has 0 fully saturated rings. The first-order valence-corrected chi connectivity index (χ1v) is 14.4. The smallest absolute Gasteiger partial charge is 0.310 e. The Kier molecular flexibility index (Phi) is 8.23. The van der Waals surface area contributed by atoms with Crippen molar-refractivity contribution in [3.05, 3.63) is 124 Å². The second-order valence-electron chi connectivity index (χ2n) is 8.62. The highest BCUT2D eigenvalue weighted by atomic mass is 35.5. The summed E-state index contributed by atoms with van der Waals surface area (Å²) in [6, 6.07) is 27.4. The molecule has 0 atom stereocenters. The zero-order chi connectivity index (χ0) is 26.5. The van der Waals surface area contributed by atoms with Crippen LogP contribution in [-0.2, 0) is 21.7 Å². The average molecular weight is 559 g/mol. The third-order valence-corrected chi connectivity index (χ3v) is 8.85. The fourth-order valence-electron chi connectivity index (χ4n) is 4.25. The van der Waals surface area contributed by atoms with E-state index in [0.29, 0.717) is 21.0 Å². The molecule has 7 heteroatoms. The van der Waals surface area contributed by atoms with E-state index in [0.717, 1.165) is 15.6 Å². The number of halogens is 1. The Morgan fingerprint density at radius 1 is 0.921 bits per heavy atom. The molecule has 0 unspecified atom stereocenters. The van der Waals surface area contributed by atoms with Gasteiger partial charge in [0.05, 0.1) is 23.5 Å². The van der Waals surface area contributed by atoms with E-state index in [9.17, 15) is 9.59 Å². The second kappa shape index (κ2) is 11.9. The monoisotopic (exact) mass is 558 g/mol. The van der Waals surface area contributed by atoms with Crippen LogP contribution in [0.15, 0.2) is 102 Å². The van der Waals surface area contributed by atoms with Crippen molar-refractivity contribution in [2.24, 2.45) is 0 Å². The maximum atomic E-state index is 13.7. The summed E-state index contributed by atoms with van der Waals surface area (Å²) in [5.41, 5.74) is 3.22. The summed E-state index contributed by atoms with van der Waals surface area (Å²) in [6.07, 6.45) is 3.88. The van der Waals surface area contributed by atoms with Gasteiger partial charge in [-0.2, -0.15) is 4.57 Å². The van der Waals surface area contributed by atoms with E-state index in [1.807, 2.05) is 47.3 Å². The van der Waals surface area contributed by atoms with Gasteiger partial charge in [-0.3, -0.25) is 9.59 Å². The molecule has 0 saturated carbocycles. The van der Waals surface area contributed by atoms with E-state index in [-0.39, 0.29) is 24.8 Å². The van der Waals surface area contributed by atoms with Crippen molar-refractivity contribution in [2.75, 3.05) is 6.61 Å². The van der Waals surface area contributed by atoms with Crippen LogP contribution < -0.4 is 4.57 Å². The SMILES string of the molecule is CCOC(=O)Cc1c(C(=O)c2ccc(Cl)cc2)sc(SCc2ccc3ccccc3c2)c1-[n+]1ccccc1. The molecule has 0 aliphatic carbocycles. The molecule has 0 spiro atoms. The zero-order valence-corrected chi connectivity index (χ0v) is 23.1. The standard InChI is InChI=1S/C31H25ClNO3S2/c1-2-36-27(34)19-26-28(33-16-6-3-7-17-33)31(38-30(26)29(35)23-12-14-25(32)15-13-23)37-20-21-10-11-22-8-4-5-9-24(22)18-21/h3-18H,2,19-20H2,1H3/q+1. The molecule has 0 amide bonds. The minimum Gasteiger partial charge on any atom is -0.466 e. The van der Waals surface area contributed by atoms with Gasteiger partial charge in [-0.15, -0.1) is 23.1 Å². The van der Waals surface area contributed by atoms with Crippen molar-refractivity contribution in [3.63, 3.8) is 0 Å². The Bertz CT molecular complexity index is 1600. The summed E-state index contributed by atoms with van der Waals surface area (Å²) in [7, 11) is 0. The van der Waals surface area contributed by atoms with Crippen LogP contribution in [0, 0.1) is 0 Å². The van der Waals surface area contributed by atoms with Gasteiger partial charge < -0.3 is 4.74 Å². The van der Waals surface area contributed by atoms with Gasteiger partial charge in [0.15, 0.2) is 12.4 Å². The number of benzene rings is 3. The number of thiophene rings is 1. The molecular weight excluding hydrogens is 534 g/mol. The van der Waals surface area contributed by atoms with Gasteiger partial charge >= 0.3 is 5.97 Å². The maximum Gasteiger partial charge on any atom is 0.310 e. The van der Waals surface area contributed by atoms with Crippen LogP contribution in [-0.4, -0.2) is 18.4 Å². The Morgan fingerprint density at radius 3 is 2.39 bits per heavy atom. The summed E-state index contributed by atoms with van der Waals surface area (Å²) in [5.74, 6) is 0.222. The second-order valence-corrected chi connectivity index (χ2v) is 11.3. The summed E-state index contributed by atoms with van der Waals surface area (Å²) >= 11 is 9.16. The third kappa shape index (κ3) is 5.83. The average Bonchev–Trinajstić information content (AvgIpc) is 3.30. The number of fused-ring (bicyclic) bond motifs is 1. The number of thioether (sulfide) groups is 1. The molecule has 5 rings (SSSR count). The van der Waals surface area contributed by atoms with Gasteiger partial charge in [0.25, 0.3) is 0 Å². The molecular formula is C31H25ClNO3S2+. The summed E-state index contributed by atoms with van der Waals surface area (Å²) in [4.78, 5) is 27.0. The normalized spacial score (nSPS) is 11.0. The van der Waals surface area contributed by atoms with E-state index in [2.05, 4.69) is 30.3 Å². The topological polar surface area (TPSA) is 47.3 Å². The lowest BCUT2D eigenvalue weighted by atomic mass is 10.0. The fourth-order valence-corrected chi connectivity index (χ4v) is 6.90. The van der Waals surface area contributed by atoms with Crippen LogP contribution in [0.3, 0.4) is 0 Å². The molecule has 38 heavy (non-hydrogen) atoms. The Hall–Kier alpha value is -3.45. The number of pyridine rings is 1. The number of ether oxygens (including phenoxy) is 1. The molecule has 0 bridgehead atoms. The number of hydrogen-bond acceptors (Lipinski definition) is 5. The quantitative estimate of drug-likeness (QED) is 0.0815. The molecule has 0 aliphatic heterocycles. The number of esters is 1. The van der Waals surface area contributed by atoms with Gasteiger partial charge in [0, 0.05) is 28.5 Å². The van der Waals surface area contributed by atoms with Crippen LogP contribution in [0.2, 0.25) is 5.02 Å². The van der Waals surface area contributed by atoms with Crippen molar-refractivity contribution in [1.82, 2.24) is 0 Å². The molecule has 0 radical (unpaired) electrons. The minimum atomic E-state index is -0.362. The lowest BCUT2D eigenvalue weighted by Crippen LogP contribution is -2.31. The van der Waals surface area contributed by atoms with Crippen molar-refractivity contribution in [3.8, 4) is 5.69 Å². The van der Waals surface area contributed by atoms with Crippen molar-refractivity contribution in [2.45, 2.75) is 23.3 Å². The first-order valence-electron chi connectivity index (χ1n) is 12.2. The van der Waals surface area contributed by atoms with Crippen LogP contribution in [0.1, 0.15) is 33.3 Å². The molecule has 0 aliphatic rings. The highest BCUT2D eigenvalue weighted by Gasteiger charge is 2.31. The van der Waals surface area contributed by atoms with E-state index < -0.39 is 0 Å². The number of carbonyl (C=O) groups is 2. The Morgan fingerprint density at radius 2 is 1.66 bits per heavy atom. The summed E-state index contributed by atoms with van der Waals surface area (Å²) < 4.78 is 8.24. The van der Waals surface area contributed by atoms with Crippen molar-refractivity contribution >= 4 is 57.2 Å². The van der Waals surface area contributed by atoms with Crippen LogP contribution in [0.25, 0.3) is 16.5 Å². The van der Waals surface area contributed by atoms with Crippen molar-refractivity contribution < 1.29 is 18.9 Å². The Labute approximate surface area is 234 Å². The lowest BCUT2D eigenvalue weighted by Gasteiger charge is -2.06.